The molecule has 4 rings (SSSR count). The summed E-state index contributed by atoms with van der Waals surface area (Å²) in [7, 11) is 1.86. The number of amides is 2. The van der Waals surface area contributed by atoms with E-state index in [1.165, 1.54) is 0 Å². The Morgan fingerprint density at radius 1 is 1.23 bits per heavy atom. The molecule has 1 atom stereocenters. The predicted molar refractivity (Wildman–Crippen MR) is 117 cm³/mol. The lowest BCUT2D eigenvalue weighted by Gasteiger charge is -2.23. The van der Waals surface area contributed by atoms with Gasteiger partial charge in [-0.2, -0.15) is 5.10 Å². The Kier molecular flexibility index (Phi) is 5.79. The van der Waals surface area contributed by atoms with E-state index in [1.54, 1.807) is 16.8 Å². The van der Waals surface area contributed by atoms with Gasteiger partial charge in [-0.1, -0.05) is 35.7 Å². The van der Waals surface area contributed by atoms with E-state index in [2.05, 4.69) is 16.3 Å². The van der Waals surface area contributed by atoms with Crippen molar-refractivity contribution < 1.29 is 14.3 Å². The summed E-state index contributed by atoms with van der Waals surface area (Å²) in [5.74, 6) is 2.26. The Morgan fingerprint density at radius 3 is 2.65 bits per heavy atom. The van der Waals surface area contributed by atoms with Crippen molar-refractivity contribution in [3.8, 4) is 29.2 Å². The maximum atomic E-state index is 12.3. The first-order valence-corrected chi connectivity index (χ1v) is 10.2. The van der Waals surface area contributed by atoms with Gasteiger partial charge in [0.15, 0.2) is 0 Å². The van der Waals surface area contributed by atoms with Crippen molar-refractivity contribution >= 4 is 23.4 Å². The van der Waals surface area contributed by atoms with Gasteiger partial charge in [-0.05, 0) is 41.8 Å². The smallest absolute Gasteiger partial charge is 0.234 e. The third-order valence-electron chi connectivity index (χ3n) is 5.24. The second kappa shape index (κ2) is 8.66. The number of carbonyl (C=O) groups is 2. The molecule has 1 aromatic heterocycles. The number of imide groups is 1. The van der Waals surface area contributed by atoms with Gasteiger partial charge in [0.2, 0.25) is 11.8 Å². The van der Waals surface area contributed by atoms with Crippen LogP contribution in [-0.2, 0) is 23.2 Å². The van der Waals surface area contributed by atoms with E-state index in [0.717, 1.165) is 11.3 Å². The molecule has 1 N–H and O–H groups in total. The van der Waals surface area contributed by atoms with E-state index >= 15 is 0 Å². The van der Waals surface area contributed by atoms with Crippen molar-refractivity contribution in [2.45, 2.75) is 25.4 Å². The van der Waals surface area contributed by atoms with Crippen LogP contribution < -0.4 is 10.1 Å². The summed E-state index contributed by atoms with van der Waals surface area (Å²) >= 11 is 6.74. The number of ether oxygens (including phenoxy) is 1. The molecule has 2 heterocycles. The summed E-state index contributed by atoms with van der Waals surface area (Å²) < 4.78 is 7.51. The summed E-state index contributed by atoms with van der Waals surface area (Å²) in [4.78, 5) is 23.8. The molecule has 0 radical (unpaired) electrons. The minimum atomic E-state index is -0.489. The number of nitrogens with one attached hydrogen (secondary N) is 1. The van der Waals surface area contributed by atoms with Crippen LogP contribution in [0.3, 0.4) is 0 Å². The Labute approximate surface area is 185 Å². The van der Waals surface area contributed by atoms with Crippen LogP contribution >= 0.6 is 11.6 Å². The minimum Gasteiger partial charge on any atom is -0.487 e. The quantitative estimate of drug-likeness (QED) is 0.490. The Morgan fingerprint density at radius 2 is 2.00 bits per heavy atom. The number of aryl methyl sites for hydroxylation is 1. The van der Waals surface area contributed by atoms with Gasteiger partial charge in [0.1, 0.15) is 12.4 Å². The van der Waals surface area contributed by atoms with Gasteiger partial charge in [-0.3, -0.25) is 19.6 Å². The first-order valence-electron chi connectivity index (χ1n) is 9.80. The molecule has 0 spiro atoms. The van der Waals surface area contributed by atoms with Gasteiger partial charge in [0, 0.05) is 30.8 Å². The fourth-order valence-electron chi connectivity index (χ4n) is 3.67. The summed E-state index contributed by atoms with van der Waals surface area (Å²) in [5, 5.41) is 7.09. The highest BCUT2D eigenvalue weighted by molar-refractivity contribution is 6.34. The van der Waals surface area contributed by atoms with Gasteiger partial charge >= 0.3 is 0 Å². The van der Waals surface area contributed by atoms with Crippen LogP contribution in [-0.4, -0.2) is 21.6 Å². The molecule has 0 bridgehead atoms. The Hall–Kier alpha value is -3.56. The molecule has 31 heavy (non-hydrogen) atoms. The maximum Gasteiger partial charge on any atom is 0.234 e. The zero-order chi connectivity index (χ0) is 22.0. The molecule has 1 aliphatic rings. The number of nitrogens with zero attached hydrogens (tertiary/aromatic N) is 2. The fraction of sp³-hybridized carbons (Fsp3) is 0.208. The first kappa shape index (κ1) is 20.7. The lowest BCUT2D eigenvalue weighted by Crippen LogP contribution is -2.39. The molecule has 2 amide bonds. The van der Waals surface area contributed by atoms with Crippen LogP contribution in [0.25, 0.3) is 11.1 Å². The number of benzene rings is 2. The summed E-state index contributed by atoms with van der Waals surface area (Å²) in [6.45, 7) is 0.363. The third kappa shape index (κ3) is 4.32. The number of terminal acetylenes is 1. The van der Waals surface area contributed by atoms with Crippen molar-refractivity contribution in [3.05, 3.63) is 70.5 Å². The lowest BCUT2D eigenvalue weighted by atomic mass is 9.87. The van der Waals surface area contributed by atoms with Crippen LogP contribution in [0.5, 0.6) is 5.75 Å². The van der Waals surface area contributed by atoms with Crippen molar-refractivity contribution in [1.29, 1.82) is 0 Å². The predicted octanol–water partition coefficient (Wildman–Crippen LogP) is 3.82. The van der Waals surface area contributed by atoms with Gasteiger partial charge in [0.05, 0.1) is 16.6 Å². The molecule has 1 aliphatic heterocycles. The standard InChI is InChI=1S/C24H20ClN3O3/c1-3-15-6-9-19(20-10-11-21(29)26-24(20)30)23(25)22(15)16-4-7-18(8-5-16)31-14-17-12-13-28(2)27-17/h1,4-9,12-13,20H,10-11,14H2,2H3,(H,26,29,30)/t20-/m0/s1. The fourth-order valence-corrected chi connectivity index (χ4v) is 4.07. The number of aromatic nitrogens is 2. The Balaban J connectivity index is 1.61. The molecular weight excluding hydrogens is 414 g/mol. The van der Waals surface area contributed by atoms with Crippen LogP contribution in [0.2, 0.25) is 5.02 Å². The van der Waals surface area contributed by atoms with E-state index < -0.39 is 5.92 Å². The molecule has 0 saturated carbocycles. The summed E-state index contributed by atoms with van der Waals surface area (Å²) in [6, 6.07) is 12.9. The van der Waals surface area contributed by atoms with Gasteiger partial charge in [-0.25, -0.2) is 0 Å². The van der Waals surface area contributed by atoms with Crippen molar-refractivity contribution in [2.24, 2.45) is 7.05 Å². The zero-order valence-corrected chi connectivity index (χ0v) is 17.6. The highest BCUT2D eigenvalue weighted by atomic mass is 35.5. The number of hydrogen-bond acceptors (Lipinski definition) is 4. The molecular formula is C24H20ClN3O3. The van der Waals surface area contributed by atoms with E-state index in [1.807, 2.05) is 43.6 Å². The zero-order valence-electron chi connectivity index (χ0n) is 16.9. The molecule has 6 nitrogen and oxygen atoms in total. The van der Waals surface area contributed by atoms with Crippen LogP contribution in [0, 0.1) is 12.3 Å². The topological polar surface area (TPSA) is 73.2 Å². The van der Waals surface area contributed by atoms with Crippen molar-refractivity contribution in [2.75, 3.05) is 0 Å². The van der Waals surface area contributed by atoms with Crippen LogP contribution in [0.4, 0.5) is 0 Å². The number of carbonyl (C=O) groups excluding carboxylic acids is 2. The SMILES string of the molecule is C#Cc1ccc([C@@H]2CCC(=O)NC2=O)c(Cl)c1-c1ccc(OCc2ccn(C)n2)cc1. The molecule has 0 aliphatic carbocycles. The van der Waals surface area contributed by atoms with Gasteiger partial charge in [-0.15, -0.1) is 6.42 Å². The van der Waals surface area contributed by atoms with Gasteiger partial charge < -0.3 is 4.74 Å². The minimum absolute atomic E-state index is 0.265. The summed E-state index contributed by atoms with van der Waals surface area (Å²) in [6.07, 6.45) is 8.27. The molecule has 3 aromatic rings. The van der Waals surface area contributed by atoms with E-state index in [0.29, 0.717) is 40.5 Å². The molecule has 1 fully saturated rings. The third-order valence-corrected chi connectivity index (χ3v) is 5.65. The van der Waals surface area contributed by atoms with Gasteiger partial charge in [0.25, 0.3) is 0 Å². The van der Waals surface area contributed by atoms with E-state index in [9.17, 15) is 9.59 Å². The molecule has 156 valence electrons. The van der Waals surface area contributed by atoms with Crippen LogP contribution in [0.15, 0.2) is 48.7 Å². The molecule has 1 saturated heterocycles. The largest absolute Gasteiger partial charge is 0.487 e. The second-order valence-electron chi connectivity index (χ2n) is 7.33. The normalized spacial score (nSPS) is 16.0. The number of hydrogen-bond donors (Lipinski definition) is 1. The molecule has 0 unspecified atom stereocenters. The average Bonchev–Trinajstić information content (AvgIpc) is 3.18. The van der Waals surface area contributed by atoms with Crippen molar-refractivity contribution in [3.63, 3.8) is 0 Å². The highest BCUT2D eigenvalue weighted by Gasteiger charge is 2.30. The lowest BCUT2D eigenvalue weighted by molar-refractivity contribution is -0.134. The average molecular weight is 434 g/mol. The highest BCUT2D eigenvalue weighted by Crippen LogP contribution is 2.39. The number of piperidine rings is 1. The second-order valence-corrected chi connectivity index (χ2v) is 7.71. The number of halogens is 1. The summed E-state index contributed by atoms with van der Waals surface area (Å²) in [5.41, 5.74) is 3.63. The molecule has 7 heteroatoms. The van der Waals surface area contributed by atoms with E-state index in [-0.39, 0.29) is 18.2 Å². The monoisotopic (exact) mass is 433 g/mol. The van der Waals surface area contributed by atoms with Crippen LogP contribution in [0.1, 0.15) is 35.6 Å². The first-order chi connectivity index (χ1) is 15.0. The number of rotatable bonds is 5. The van der Waals surface area contributed by atoms with Crippen molar-refractivity contribution in [1.82, 2.24) is 15.1 Å². The molecule has 2 aromatic carbocycles. The maximum absolute atomic E-state index is 12.3. The Bertz CT molecular complexity index is 1190. The van der Waals surface area contributed by atoms with E-state index in [4.69, 9.17) is 22.8 Å².